The molecule has 31 heavy (non-hydrogen) atoms. The van der Waals surface area contributed by atoms with Crippen LogP contribution in [0.4, 0.5) is 0 Å². The number of nitrogens with one attached hydrogen (secondary N) is 3. The first-order valence-corrected chi connectivity index (χ1v) is 10.8. The van der Waals surface area contributed by atoms with E-state index in [1.165, 1.54) is 6.92 Å². The topological polar surface area (TPSA) is 151 Å². The molecule has 0 aromatic heterocycles. The van der Waals surface area contributed by atoms with Crippen LogP contribution in [0.2, 0.25) is 0 Å². The molecule has 6 N–H and O–H groups in total. The number of carboxylic acids is 1. The molecule has 0 aliphatic carbocycles. The molecule has 0 aliphatic heterocycles. The Morgan fingerprint density at radius 1 is 0.968 bits per heavy atom. The van der Waals surface area contributed by atoms with Crippen LogP contribution in [0.1, 0.15) is 32.8 Å². The molecule has 0 saturated heterocycles. The first-order valence-electron chi connectivity index (χ1n) is 10.1. The summed E-state index contributed by atoms with van der Waals surface area (Å²) in [6.45, 7) is 5.24. The number of benzene rings is 1. The van der Waals surface area contributed by atoms with Crippen LogP contribution in [-0.4, -0.2) is 58.7 Å². The van der Waals surface area contributed by atoms with E-state index in [1.54, 1.807) is 24.3 Å². The van der Waals surface area contributed by atoms with Crippen molar-refractivity contribution in [2.45, 2.75) is 57.8 Å². The minimum Gasteiger partial charge on any atom is -0.480 e. The summed E-state index contributed by atoms with van der Waals surface area (Å²) in [5, 5.41) is 16.7. The lowest BCUT2D eigenvalue weighted by Gasteiger charge is -2.24. The van der Waals surface area contributed by atoms with Gasteiger partial charge in [-0.25, -0.2) is 4.79 Å². The van der Waals surface area contributed by atoms with Crippen molar-refractivity contribution in [3.63, 3.8) is 0 Å². The number of nitrogens with two attached hydrogens (primary N) is 1. The molecule has 0 spiro atoms. The third kappa shape index (κ3) is 8.58. The fraction of sp³-hybridized carbons (Fsp3) is 0.524. The first-order chi connectivity index (χ1) is 14.6. The van der Waals surface area contributed by atoms with Crippen LogP contribution < -0.4 is 21.7 Å². The Morgan fingerprint density at radius 2 is 1.55 bits per heavy atom. The van der Waals surface area contributed by atoms with Gasteiger partial charge < -0.3 is 26.8 Å². The highest BCUT2D eigenvalue weighted by molar-refractivity contribution is 7.80. The number of hydrogen-bond acceptors (Lipinski definition) is 6. The lowest BCUT2D eigenvalue weighted by atomic mass is 9.99. The summed E-state index contributed by atoms with van der Waals surface area (Å²) in [6, 6.07) is 5.04. The molecular weight excluding hydrogens is 420 g/mol. The summed E-state index contributed by atoms with van der Waals surface area (Å²) in [5.41, 5.74) is 6.67. The SMILES string of the molecule is CCC(C)C(N)C(=O)NC(C)C(=O)NC(Cc1ccccc1)C(=O)NC(CS)C(=O)O. The number of carboxylic acid groups (broad SMARTS) is 1. The molecule has 0 radical (unpaired) electrons. The Balaban J connectivity index is 2.89. The molecule has 0 bridgehead atoms. The van der Waals surface area contributed by atoms with Crippen LogP contribution in [0.3, 0.4) is 0 Å². The fourth-order valence-electron chi connectivity index (χ4n) is 2.70. The molecule has 5 unspecified atom stereocenters. The number of aliphatic carboxylic acids is 1. The Labute approximate surface area is 187 Å². The van der Waals surface area contributed by atoms with Crippen molar-refractivity contribution < 1.29 is 24.3 Å². The predicted molar refractivity (Wildman–Crippen MR) is 121 cm³/mol. The molecule has 5 atom stereocenters. The molecule has 0 heterocycles. The number of hydrogen-bond donors (Lipinski definition) is 6. The standard InChI is InChI=1S/C21H32N4O5S/c1-4-12(2)17(22)20(28)23-13(3)18(26)24-15(10-14-8-6-5-7-9-14)19(27)25-16(11-31)21(29)30/h5-9,12-13,15-17,31H,4,10-11,22H2,1-3H3,(H,23,28)(H,24,26)(H,25,27)(H,29,30). The minimum atomic E-state index is -1.23. The van der Waals surface area contributed by atoms with E-state index in [0.717, 1.165) is 5.56 Å². The van der Waals surface area contributed by atoms with E-state index in [1.807, 2.05) is 19.9 Å². The first kappa shape index (κ1) is 26.4. The molecule has 172 valence electrons. The molecule has 0 aliphatic rings. The lowest BCUT2D eigenvalue weighted by molar-refractivity contribution is -0.141. The number of rotatable bonds is 12. The van der Waals surface area contributed by atoms with Gasteiger partial charge in [-0.15, -0.1) is 0 Å². The highest BCUT2D eigenvalue weighted by Gasteiger charge is 2.29. The quantitative estimate of drug-likeness (QED) is 0.247. The summed E-state index contributed by atoms with van der Waals surface area (Å²) in [5.74, 6) is -3.09. The van der Waals surface area contributed by atoms with Gasteiger partial charge in [-0.3, -0.25) is 14.4 Å². The average molecular weight is 453 g/mol. The molecule has 1 rings (SSSR count). The Kier molecular flexibility index (Phi) is 11.1. The van der Waals surface area contributed by atoms with Gasteiger partial charge in [0.25, 0.3) is 0 Å². The van der Waals surface area contributed by atoms with E-state index in [4.69, 9.17) is 10.8 Å². The zero-order chi connectivity index (χ0) is 23.6. The van der Waals surface area contributed by atoms with Crippen molar-refractivity contribution in [1.29, 1.82) is 0 Å². The second-order valence-corrected chi connectivity index (χ2v) is 7.84. The third-order valence-electron chi connectivity index (χ3n) is 5.02. The highest BCUT2D eigenvalue weighted by atomic mass is 32.1. The van der Waals surface area contributed by atoms with Crippen LogP contribution in [0.15, 0.2) is 30.3 Å². The van der Waals surface area contributed by atoms with E-state index in [9.17, 15) is 19.2 Å². The van der Waals surface area contributed by atoms with Crippen molar-refractivity contribution in [3.8, 4) is 0 Å². The second-order valence-electron chi connectivity index (χ2n) is 7.47. The zero-order valence-electron chi connectivity index (χ0n) is 18.0. The summed E-state index contributed by atoms with van der Waals surface area (Å²) < 4.78 is 0. The summed E-state index contributed by atoms with van der Waals surface area (Å²) in [6.07, 6.45) is 0.856. The number of carbonyl (C=O) groups is 4. The number of thiol groups is 1. The highest BCUT2D eigenvalue weighted by Crippen LogP contribution is 2.07. The minimum absolute atomic E-state index is 0.0546. The van der Waals surface area contributed by atoms with Gasteiger partial charge in [-0.2, -0.15) is 12.6 Å². The van der Waals surface area contributed by atoms with Crippen molar-refractivity contribution in [2.75, 3.05) is 5.75 Å². The molecule has 10 heteroatoms. The monoisotopic (exact) mass is 452 g/mol. The van der Waals surface area contributed by atoms with E-state index < -0.39 is 47.9 Å². The van der Waals surface area contributed by atoms with Gasteiger partial charge in [-0.05, 0) is 18.4 Å². The van der Waals surface area contributed by atoms with Crippen LogP contribution in [0, 0.1) is 5.92 Å². The lowest BCUT2D eigenvalue weighted by Crippen LogP contribution is -2.57. The summed E-state index contributed by atoms with van der Waals surface area (Å²) in [7, 11) is 0. The normalized spacial score (nSPS) is 15.6. The molecular formula is C21H32N4O5S. The molecule has 0 fully saturated rings. The van der Waals surface area contributed by atoms with Crippen LogP contribution in [0.5, 0.6) is 0 Å². The van der Waals surface area contributed by atoms with E-state index in [2.05, 4.69) is 28.6 Å². The van der Waals surface area contributed by atoms with Crippen LogP contribution in [-0.2, 0) is 25.6 Å². The Bertz CT molecular complexity index is 761. The maximum absolute atomic E-state index is 12.7. The maximum atomic E-state index is 12.7. The Hall–Kier alpha value is -2.59. The molecule has 9 nitrogen and oxygen atoms in total. The van der Waals surface area contributed by atoms with Crippen LogP contribution in [0.25, 0.3) is 0 Å². The van der Waals surface area contributed by atoms with Gasteiger partial charge in [0.2, 0.25) is 17.7 Å². The van der Waals surface area contributed by atoms with Gasteiger partial charge in [0.15, 0.2) is 0 Å². The van der Waals surface area contributed by atoms with E-state index in [0.29, 0.717) is 6.42 Å². The number of amides is 3. The van der Waals surface area contributed by atoms with E-state index >= 15 is 0 Å². The molecule has 3 amide bonds. The molecule has 1 aromatic rings. The van der Waals surface area contributed by atoms with Crippen molar-refractivity contribution >= 4 is 36.3 Å². The largest absolute Gasteiger partial charge is 0.480 e. The van der Waals surface area contributed by atoms with Gasteiger partial charge in [0, 0.05) is 12.2 Å². The predicted octanol–water partition coefficient (Wildman–Crippen LogP) is 0.0912. The second kappa shape index (κ2) is 13.0. The van der Waals surface area contributed by atoms with Crippen molar-refractivity contribution in [1.82, 2.24) is 16.0 Å². The molecule has 1 aromatic carbocycles. The van der Waals surface area contributed by atoms with Crippen LogP contribution >= 0.6 is 12.6 Å². The zero-order valence-corrected chi connectivity index (χ0v) is 18.9. The molecule has 0 saturated carbocycles. The van der Waals surface area contributed by atoms with Crippen molar-refractivity contribution in [2.24, 2.45) is 11.7 Å². The number of carbonyl (C=O) groups excluding carboxylic acids is 3. The fourth-order valence-corrected chi connectivity index (χ4v) is 2.95. The Morgan fingerprint density at radius 3 is 2.06 bits per heavy atom. The van der Waals surface area contributed by atoms with Gasteiger partial charge in [0.05, 0.1) is 6.04 Å². The average Bonchev–Trinajstić information content (AvgIpc) is 2.75. The third-order valence-corrected chi connectivity index (χ3v) is 5.39. The van der Waals surface area contributed by atoms with Gasteiger partial charge in [-0.1, -0.05) is 50.6 Å². The summed E-state index contributed by atoms with van der Waals surface area (Å²) in [4.78, 5) is 48.9. The maximum Gasteiger partial charge on any atom is 0.327 e. The van der Waals surface area contributed by atoms with E-state index in [-0.39, 0.29) is 18.1 Å². The van der Waals surface area contributed by atoms with Gasteiger partial charge in [0.1, 0.15) is 18.1 Å². The van der Waals surface area contributed by atoms with Crippen molar-refractivity contribution in [3.05, 3.63) is 35.9 Å². The smallest absolute Gasteiger partial charge is 0.327 e. The van der Waals surface area contributed by atoms with Gasteiger partial charge >= 0.3 is 5.97 Å². The summed E-state index contributed by atoms with van der Waals surface area (Å²) >= 11 is 3.94.